The Labute approximate surface area is 99.5 Å². The van der Waals surface area contributed by atoms with Gasteiger partial charge >= 0.3 is 5.97 Å². The number of benzene rings is 1. The Morgan fingerprint density at radius 2 is 1.94 bits per heavy atom. The molecule has 0 saturated carbocycles. The van der Waals surface area contributed by atoms with Gasteiger partial charge in [-0.05, 0) is 12.1 Å². The molecule has 6 heteroatoms. The highest BCUT2D eigenvalue weighted by Crippen LogP contribution is 2.45. The van der Waals surface area contributed by atoms with Gasteiger partial charge in [-0.2, -0.15) is 0 Å². The summed E-state index contributed by atoms with van der Waals surface area (Å²) in [6.45, 7) is -0.310. The maximum Gasteiger partial charge on any atom is 0.303 e. The quantitative estimate of drug-likeness (QED) is 0.715. The molecule has 1 aromatic rings. The van der Waals surface area contributed by atoms with Crippen molar-refractivity contribution in [2.75, 3.05) is 19.4 Å². The minimum absolute atomic E-state index is 0.0631. The van der Waals surface area contributed by atoms with E-state index in [2.05, 4.69) is 0 Å². The van der Waals surface area contributed by atoms with Crippen LogP contribution in [0, 0.1) is 0 Å². The Morgan fingerprint density at radius 1 is 1.29 bits per heavy atom. The number of hydrogen-bond donors (Lipinski definition) is 2. The van der Waals surface area contributed by atoms with Gasteiger partial charge in [-0.3, -0.25) is 9.36 Å². The van der Waals surface area contributed by atoms with Gasteiger partial charge < -0.3 is 14.7 Å². The van der Waals surface area contributed by atoms with Crippen LogP contribution in [0.15, 0.2) is 30.3 Å². The minimum Gasteiger partial charge on any atom is -0.481 e. The molecule has 0 aliphatic rings. The van der Waals surface area contributed by atoms with Crippen LogP contribution in [-0.2, 0) is 13.9 Å². The summed E-state index contributed by atoms with van der Waals surface area (Å²) in [7, 11) is -3.18. The van der Waals surface area contributed by atoms with E-state index in [1.165, 1.54) is 0 Å². The van der Waals surface area contributed by atoms with Crippen LogP contribution in [0.5, 0.6) is 0 Å². The van der Waals surface area contributed by atoms with Gasteiger partial charge in [-0.25, -0.2) is 0 Å². The fraction of sp³-hybridized carbons (Fsp3) is 0.364. The maximum absolute atomic E-state index is 12.5. The molecule has 1 unspecified atom stereocenters. The summed E-state index contributed by atoms with van der Waals surface area (Å²) in [6.07, 6.45) is -0.288. The van der Waals surface area contributed by atoms with Crippen molar-refractivity contribution in [1.29, 1.82) is 0 Å². The lowest BCUT2D eigenvalue weighted by atomic mass is 10.4. The Hall–Kier alpha value is -1.16. The van der Waals surface area contributed by atoms with Crippen molar-refractivity contribution < 1.29 is 24.1 Å². The number of carboxylic acids is 1. The van der Waals surface area contributed by atoms with Crippen molar-refractivity contribution in [3.8, 4) is 0 Å². The van der Waals surface area contributed by atoms with Crippen LogP contribution >= 0.6 is 7.37 Å². The molecule has 5 nitrogen and oxygen atoms in total. The monoisotopic (exact) mass is 258 g/mol. The van der Waals surface area contributed by atoms with Gasteiger partial charge in [0.15, 0.2) is 0 Å². The third kappa shape index (κ3) is 4.30. The molecular weight excluding hydrogens is 243 g/mol. The molecule has 0 spiro atoms. The number of aliphatic hydroxyl groups is 1. The number of aliphatic hydroxyl groups excluding tert-OH is 1. The highest BCUT2D eigenvalue weighted by Gasteiger charge is 2.26. The summed E-state index contributed by atoms with van der Waals surface area (Å²) >= 11 is 0. The summed E-state index contributed by atoms with van der Waals surface area (Å²) in [6, 6.07) is 8.48. The van der Waals surface area contributed by atoms with Gasteiger partial charge in [-0.1, -0.05) is 18.2 Å². The fourth-order valence-electron chi connectivity index (χ4n) is 1.35. The summed E-state index contributed by atoms with van der Waals surface area (Å²) in [5, 5.41) is 17.8. The highest BCUT2D eigenvalue weighted by molar-refractivity contribution is 7.67. The van der Waals surface area contributed by atoms with Gasteiger partial charge in [0.2, 0.25) is 7.37 Å². The van der Waals surface area contributed by atoms with Crippen LogP contribution in [0.2, 0.25) is 0 Å². The van der Waals surface area contributed by atoms with E-state index in [1.54, 1.807) is 30.3 Å². The summed E-state index contributed by atoms with van der Waals surface area (Å²) < 4.78 is 17.6. The second kappa shape index (κ2) is 6.55. The largest absolute Gasteiger partial charge is 0.481 e. The third-order valence-corrected chi connectivity index (χ3v) is 4.66. The zero-order valence-electron chi connectivity index (χ0n) is 9.28. The molecule has 0 saturated heterocycles. The van der Waals surface area contributed by atoms with Gasteiger partial charge in [0.25, 0.3) is 0 Å². The first kappa shape index (κ1) is 13.9. The minimum atomic E-state index is -3.18. The predicted octanol–water partition coefficient (Wildman–Crippen LogP) is 1.07. The summed E-state index contributed by atoms with van der Waals surface area (Å²) in [5.74, 6) is -1.02. The standard InChI is InChI=1S/C11H15O5P/c12-7-8-16-17(15,9-6-11(13)14)10-4-2-1-3-5-10/h1-5,12H,6-9H2,(H,13,14). The topological polar surface area (TPSA) is 83.8 Å². The van der Waals surface area contributed by atoms with E-state index >= 15 is 0 Å². The molecular formula is C11H15O5P. The number of aliphatic carboxylic acids is 1. The van der Waals surface area contributed by atoms with Crippen LogP contribution in [0.4, 0.5) is 0 Å². The third-order valence-electron chi connectivity index (χ3n) is 2.16. The van der Waals surface area contributed by atoms with Crippen LogP contribution in [0.25, 0.3) is 0 Å². The Morgan fingerprint density at radius 3 is 2.47 bits per heavy atom. The molecule has 94 valence electrons. The van der Waals surface area contributed by atoms with Crippen LogP contribution < -0.4 is 5.30 Å². The van der Waals surface area contributed by atoms with Crippen LogP contribution in [0.3, 0.4) is 0 Å². The lowest BCUT2D eigenvalue weighted by Gasteiger charge is -2.17. The van der Waals surface area contributed by atoms with Crippen LogP contribution in [-0.4, -0.2) is 35.6 Å². The van der Waals surface area contributed by atoms with Crippen molar-refractivity contribution in [1.82, 2.24) is 0 Å². The molecule has 2 N–H and O–H groups in total. The van der Waals surface area contributed by atoms with E-state index < -0.39 is 13.3 Å². The van der Waals surface area contributed by atoms with E-state index in [-0.39, 0.29) is 25.8 Å². The Kier molecular flexibility index (Phi) is 5.35. The van der Waals surface area contributed by atoms with Crippen molar-refractivity contribution in [2.24, 2.45) is 0 Å². The first-order valence-corrected chi connectivity index (χ1v) is 7.01. The number of hydrogen-bond acceptors (Lipinski definition) is 4. The summed E-state index contributed by atoms with van der Waals surface area (Å²) in [5.41, 5.74) is 0. The average molecular weight is 258 g/mol. The van der Waals surface area contributed by atoms with Crippen molar-refractivity contribution >= 4 is 18.6 Å². The molecule has 17 heavy (non-hydrogen) atoms. The molecule has 0 bridgehead atoms. The van der Waals surface area contributed by atoms with Crippen molar-refractivity contribution in [3.05, 3.63) is 30.3 Å². The molecule has 0 fully saturated rings. The molecule has 0 heterocycles. The number of carbonyl (C=O) groups is 1. The average Bonchev–Trinajstić information content (AvgIpc) is 2.35. The Balaban J connectivity index is 2.85. The number of carboxylic acid groups (broad SMARTS) is 1. The van der Waals surface area contributed by atoms with E-state index in [9.17, 15) is 9.36 Å². The van der Waals surface area contributed by atoms with E-state index in [0.29, 0.717) is 5.30 Å². The molecule has 1 rings (SSSR count). The first-order valence-electron chi connectivity index (χ1n) is 5.20. The SMILES string of the molecule is O=C(O)CCP(=O)(OCCO)c1ccccc1. The van der Waals surface area contributed by atoms with Gasteiger partial charge in [0.05, 0.1) is 19.6 Å². The molecule has 1 atom stereocenters. The zero-order chi connectivity index (χ0) is 12.7. The zero-order valence-corrected chi connectivity index (χ0v) is 10.2. The smallest absolute Gasteiger partial charge is 0.303 e. The first-order chi connectivity index (χ1) is 8.08. The molecule has 0 radical (unpaired) electrons. The second-order valence-electron chi connectivity index (χ2n) is 3.43. The molecule has 0 aromatic heterocycles. The van der Waals surface area contributed by atoms with E-state index in [4.69, 9.17) is 14.7 Å². The number of rotatable bonds is 7. The molecule has 0 aliphatic heterocycles. The fourth-order valence-corrected chi connectivity index (χ4v) is 3.38. The summed E-state index contributed by atoms with van der Waals surface area (Å²) in [4.78, 5) is 10.5. The normalized spacial score (nSPS) is 14.2. The van der Waals surface area contributed by atoms with Crippen molar-refractivity contribution in [2.45, 2.75) is 6.42 Å². The Bertz CT molecular complexity index is 404. The lowest BCUT2D eigenvalue weighted by Crippen LogP contribution is -2.14. The highest BCUT2D eigenvalue weighted by atomic mass is 31.2. The van der Waals surface area contributed by atoms with Crippen molar-refractivity contribution in [3.63, 3.8) is 0 Å². The maximum atomic E-state index is 12.5. The molecule has 0 amide bonds. The van der Waals surface area contributed by atoms with Gasteiger partial charge in [0.1, 0.15) is 0 Å². The lowest BCUT2D eigenvalue weighted by molar-refractivity contribution is -0.136. The molecule has 0 aliphatic carbocycles. The molecule has 1 aromatic carbocycles. The second-order valence-corrected chi connectivity index (χ2v) is 6.00. The predicted molar refractivity (Wildman–Crippen MR) is 63.8 cm³/mol. The van der Waals surface area contributed by atoms with Gasteiger partial charge in [-0.15, -0.1) is 0 Å². The van der Waals surface area contributed by atoms with Gasteiger partial charge in [0, 0.05) is 11.5 Å². The van der Waals surface area contributed by atoms with Crippen LogP contribution in [0.1, 0.15) is 6.42 Å². The van der Waals surface area contributed by atoms with E-state index in [1.807, 2.05) is 0 Å². The van der Waals surface area contributed by atoms with E-state index in [0.717, 1.165) is 0 Å².